The van der Waals surface area contributed by atoms with E-state index in [1.165, 1.54) is 4.68 Å². The second-order valence-corrected chi connectivity index (χ2v) is 6.99. The van der Waals surface area contributed by atoms with Crippen molar-refractivity contribution in [1.29, 1.82) is 0 Å². The number of rotatable bonds is 5. The number of halogens is 1. The van der Waals surface area contributed by atoms with Crippen LogP contribution in [0.3, 0.4) is 0 Å². The molecule has 26 heavy (non-hydrogen) atoms. The summed E-state index contributed by atoms with van der Waals surface area (Å²) in [7, 11) is 1.62. The second-order valence-electron chi connectivity index (χ2n) is 6.08. The van der Waals surface area contributed by atoms with Gasteiger partial charge in [0.25, 0.3) is 5.56 Å². The van der Waals surface area contributed by atoms with E-state index in [-0.39, 0.29) is 11.5 Å². The lowest BCUT2D eigenvalue weighted by atomic mass is 10.1. The van der Waals surface area contributed by atoms with Crippen molar-refractivity contribution >= 4 is 33.0 Å². The molecule has 2 aromatic carbocycles. The highest BCUT2D eigenvalue weighted by Gasteiger charge is 2.15. The molecule has 1 heterocycles. The molecule has 0 aliphatic rings. The van der Waals surface area contributed by atoms with Gasteiger partial charge in [-0.1, -0.05) is 29.8 Å². The van der Waals surface area contributed by atoms with Crippen molar-refractivity contribution < 1.29 is 4.74 Å². The minimum atomic E-state index is -0.170. The molecule has 0 N–H and O–H groups in total. The molecule has 0 saturated heterocycles. The van der Waals surface area contributed by atoms with Gasteiger partial charge in [-0.3, -0.25) is 4.79 Å². The Kier molecular flexibility index (Phi) is 5.52. The predicted octanol–water partition coefficient (Wildman–Crippen LogP) is 4.56. The van der Waals surface area contributed by atoms with Crippen LogP contribution >= 0.6 is 15.9 Å². The van der Waals surface area contributed by atoms with Crippen LogP contribution in [0.1, 0.15) is 37.6 Å². The first kappa shape index (κ1) is 18.3. The molecule has 3 rings (SSSR count). The smallest absolute Gasteiger partial charge is 0.282 e. The van der Waals surface area contributed by atoms with Crippen LogP contribution in [0.25, 0.3) is 10.9 Å². The number of benzene rings is 2. The van der Waals surface area contributed by atoms with Gasteiger partial charge >= 0.3 is 0 Å². The summed E-state index contributed by atoms with van der Waals surface area (Å²) in [5.41, 5.74) is 1.39. The molecule has 6 heteroatoms. The van der Waals surface area contributed by atoms with Gasteiger partial charge in [-0.2, -0.15) is 9.78 Å². The lowest BCUT2D eigenvalue weighted by Crippen LogP contribution is -2.23. The van der Waals surface area contributed by atoms with E-state index in [0.29, 0.717) is 16.7 Å². The van der Waals surface area contributed by atoms with Crippen LogP contribution in [-0.2, 0) is 0 Å². The van der Waals surface area contributed by atoms with Gasteiger partial charge < -0.3 is 4.74 Å². The lowest BCUT2D eigenvalue weighted by molar-refractivity contribution is 0.415. The lowest BCUT2D eigenvalue weighted by Gasteiger charge is -2.14. The topological polar surface area (TPSA) is 56.5 Å². The summed E-state index contributed by atoms with van der Waals surface area (Å²) < 4.78 is 7.41. The minimum absolute atomic E-state index is 0.115. The van der Waals surface area contributed by atoms with E-state index < -0.39 is 0 Å². The summed E-state index contributed by atoms with van der Waals surface area (Å²) in [6.07, 6.45) is 2.53. The Bertz CT molecular complexity index is 1010. The third-order valence-electron chi connectivity index (χ3n) is 4.32. The molecule has 0 aliphatic heterocycles. The largest absolute Gasteiger partial charge is 0.497 e. The highest BCUT2D eigenvalue weighted by atomic mass is 79.9. The van der Waals surface area contributed by atoms with Gasteiger partial charge in [0.1, 0.15) is 11.6 Å². The summed E-state index contributed by atoms with van der Waals surface area (Å²) in [5, 5.41) is 4.98. The van der Waals surface area contributed by atoms with Gasteiger partial charge in [0.2, 0.25) is 0 Å². The van der Waals surface area contributed by atoms with Crippen molar-refractivity contribution in [2.75, 3.05) is 7.11 Å². The molecule has 3 aromatic rings. The van der Waals surface area contributed by atoms with E-state index in [4.69, 9.17) is 9.72 Å². The highest BCUT2D eigenvalue weighted by molar-refractivity contribution is 9.10. The molecule has 5 nitrogen and oxygen atoms in total. The third-order valence-corrected chi connectivity index (χ3v) is 4.82. The van der Waals surface area contributed by atoms with E-state index >= 15 is 0 Å². The average Bonchev–Trinajstić information content (AvgIpc) is 2.67. The molecule has 0 amide bonds. The van der Waals surface area contributed by atoms with E-state index in [1.807, 2.05) is 43.3 Å². The van der Waals surface area contributed by atoms with Crippen molar-refractivity contribution in [1.82, 2.24) is 9.66 Å². The number of hydrogen-bond donors (Lipinski definition) is 0. The Morgan fingerprint density at radius 3 is 2.65 bits per heavy atom. The number of fused-ring (bicyclic) bond motifs is 1. The summed E-state index contributed by atoms with van der Waals surface area (Å²) in [6.45, 7) is 4.12. The summed E-state index contributed by atoms with van der Waals surface area (Å²) in [6, 6.07) is 13.0. The first-order valence-corrected chi connectivity index (χ1v) is 9.23. The van der Waals surface area contributed by atoms with Gasteiger partial charge in [0.05, 0.1) is 24.2 Å². The molecular weight excluding hydrogens is 394 g/mol. The zero-order valence-corrected chi connectivity index (χ0v) is 16.5. The maximum atomic E-state index is 13.0. The van der Waals surface area contributed by atoms with Crippen LogP contribution < -0.4 is 10.3 Å². The van der Waals surface area contributed by atoms with Crippen LogP contribution in [0.5, 0.6) is 5.75 Å². The van der Waals surface area contributed by atoms with Crippen LogP contribution in [-0.4, -0.2) is 23.0 Å². The summed E-state index contributed by atoms with van der Waals surface area (Å²) in [4.78, 5) is 17.7. The SMILES string of the molecule is CC[C@H](C)c1nc2ccc(Br)cc2c(=O)n1N=Cc1ccc(OC)cc1. The van der Waals surface area contributed by atoms with Gasteiger partial charge in [0.15, 0.2) is 0 Å². The van der Waals surface area contributed by atoms with Crippen molar-refractivity contribution in [3.8, 4) is 5.75 Å². The van der Waals surface area contributed by atoms with Gasteiger partial charge in [-0.25, -0.2) is 4.98 Å². The van der Waals surface area contributed by atoms with Crippen LogP contribution in [0.4, 0.5) is 0 Å². The number of nitrogens with zero attached hydrogens (tertiary/aromatic N) is 3. The Labute approximate surface area is 160 Å². The van der Waals surface area contributed by atoms with E-state index in [9.17, 15) is 4.79 Å². The monoisotopic (exact) mass is 413 g/mol. The fourth-order valence-electron chi connectivity index (χ4n) is 2.59. The maximum absolute atomic E-state index is 13.0. The molecule has 0 saturated carbocycles. The van der Waals surface area contributed by atoms with Crippen LogP contribution in [0, 0.1) is 0 Å². The first-order valence-electron chi connectivity index (χ1n) is 8.44. The predicted molar refractivity (Wildman–Crippen MR) is 108 cm³/mol. The van der Waals surface area contributed by atoms with Crippen LogP contribution in [0.2, 0.25) is 0 Å². The Hall–Kier alpha value is -2.47. The Morgan fingerprint density at radius 2 is 2.00 bits per heavy atom. The van der Waals surface area contributed by atoms with E-state index in [0.717, 1.165) is 22.2 Å². The number of aromatic nitrogens is 2. The van der Waals surface area contributed by atoms with Gasteiger partial charge in [0, 0.05) is 10.4 Å². The molecule has 134 valence electrons. The van der Waals surface area contributed by atoms with Gasteiger partial charge in [-0.05, 0) is 54.4 Å². The highest BCUT2D eigenvalue weighted by Crippen LogP contribution is 2.21. The second kappa shape index (κ2) is 7.83. The van der Waals surface area contributed by atoms with E-state index in [2.05, 4.69) is 28.0 Å². The quantitative estimate of drug-likeness (QED) is 0.575. The molecule has 0 aliphatic carbocycles. The zero-order chi connectivity index (χ0) is 18.7. The molecule has 1 atom stereocenters. The van der Waals surface area contributed by atoms with Crippen molar-refractivity contribution in [3.63, 3.8) is 0 Å². The normalized spacial score (nSPS) is 12.6. The average molecular weight is 414 g/mol. The fourth-order valence-corrected chi connectivity index (χ4v) is 2.95. The van der Waals surface area contributed by atoms with Gasteiger partial charge in [-0.15, -0.1) is 0 Å². The molecule has 0 bridgehead atoms. The zero-order valence-electron chi connectivity index (χ0n) is 14.9. The molecular formula is C20H20BrN3O2. The fraction of sp³-hybridized carbons (Fsp3) is 0.250. The molecule has 0 radical (unpaired) electrons. The van der Waals surface area contributed by atoms with E-state index in [1.54, 1.807) is 19.4 Å². The molecule has 1 aromatic heterocycles. The van der Waals surface area contributed by atoms with Crippen LogP contribution in [0.15, 0.2) is 56.8 Å². The standard InChI is InChI=1S/C20H20BrN3O2/c1-4-13(2)19-23-18-10-7-15(21)11-17(18)20(25)24(19)22-12-14-5-8-16(26-3)9-6-14/h5-13H,4H2,1-3H3/t13-/m0/s1. The Balaban J connectivity index is 2.13. The first-order chi connectivity index (χ1) is 12.5. The van der Waals surface area contributed by atoms with Crippen molar-refractivity contribution in [2.24, 2.45) is 5.10 Å². The number of methoxy groups -OCH3 is 1. The number of hydrogen-bond acceptors (Lipinski definition) is 4. The maximum Gasteiger partial charge on any atom is 0.282 e. The third kappa shape index (κ3) is 3.70. The molecule has 0 fully saturated rings. The summed E-state index contributed by atoms with van der Waals surface area (Å²) >= 11 is 3.42. The summed E-state index contributed by atoms with van der Waals surface area (Å²) in [5.74, 6) is 1.55. The number of ether oxygens (including phenoxy) is 1. The molecule has 0 spiro atoms. The Morgan fingerprint density at radius 1 is 1.27 bits per heavy atom. The van der Waals surface area contributed by atoms with Crippen molar-refractivity contribution in [3.05, 3.63) is 68.7 Å². The molecule has 0 unspecified atom stereocenters. The van der Waals surface area contributed by atoms with Crippen molar-refractivity contribution in [2.45, 2.75) is 26.2 Å². The minimum Gasteiger partial charge on any atom is -0.497 e.